The van der Waals surface area contributed by atoms with Gasteiger partial charge < -0.3 is 20.9 Å². The van der Waals surface area contributed by atoms with Crippen molar-refractivity contribution in [3.8, 4) is 11.8 Å². The Morgan fingerprint density at radius 3 is 2.78 bits per heavy atom. The number of alkyl halides is 2. The second kappa shape index (κ2) is 8.84. The number of methoxy groups -OCH3 is 1. The highest BCUT2D eigenvalue weighted by molar-refractivity contribution is 6.00. The van der Waals surface area contributed by atoms with Crippen LogP contribution < -0.4 is 11.5 Å². The number of Topliss-reactive ketones (excluding diaryl/α,β-unsaturated/α-hetero) is 1. The molecule has 8 nitrogen and oxygen atoms in total. The highest BCUT2D eigenvalue weighted by Gasteiger charge is 2.57. The number of halogens is 3. The van der Waals surface area contributed by atoms with E-state index in [1.165, 1.54) is 25.4 Å². The molecule has 4 N–H and O–H groups in total. The van der Waals surface area contributed by atoms with Crippen LogP contribution in [0.25, 0.3) is 0 Å². The molecule has 0 radical (unpaired) electrons. The lowest BCUT2D eigenvalue weighted by atomic mass is 9.88. The third-order valence-corrected chi connectivity index (χ3v) is 4.78. The van der Waals surface area contributed by atoms with Gasteiger partial charge in [-0.05, 0) is 25.1 Å². The van der Waals surface area contributed by atoms with Crippen molar-refractivity contribution in [1.29, 1.82) is 0 Å². The summed E-state index contributed by atoms with van der Waals surface area (Å²) in [5, 5.41) is 0. The molecule has 32 heavy (non-hydrogen) atoms. The van der Waals surface area contributed by atoms with Crippen molar-refractivity contribution in [2.75, 3.05) is 26.1 Å². The molecular weight excluding hydrogens is 427 g/mol. The van der Waals surface area contributed by atoms with E-state index in [4.69, 9.17) is 16.2 Å². The van der Waals surface area contributed by atoms with E-state index in [9.17, 15) is 18.0 Å². The molecule has 0 saturated carbocycles. The molecule has 168 valence electrons. The Balaban J connectivity index is 1.89. The van der Waals surface area contributed by atoms with Gasteiger partial charge >= 0.3 is 5.92 Å². The van der Waals surface area contributed by atoms with Crippen molar-refractivity contribution in [3.05, 3.63) is 52.9 Å². The normalized spacial score (nSPS) is 19.3. The third kappa shape index (κ3) is 4.50. The fourth-order valence-corrected chi connectivity index (χ4v) is 3.03. The second-order valence-electron chi connectivity index (χ2n) is 7.14. The lowest BCUT2D eigenvalue weighted by Crippen LogP contribution is -2.51. The molecule has 2 aromatic rings. The van der Waals surface area contributed by atoms with Gasteiger partial charge in [0.05, 0.1) is 12.1 Å². The fourth-order valence-electron chi connectivity index (χ4n) is 3.03. The van der Waals surface area contributed by atoms with Crippen molar-refractivity contribution in [2.24, 2.45) is 10.7 Å². The molecule has 1 aliphatic heterocycles. The Kier molecular flexibility index (Phi) is 6.36. The number of hydrogen-bond donors (Lipinski definition) is 2. The number of hydrogen-bond acceptors (Lipinski definition) is 8. The molecule has 0 unspecified atom stereocenters. The Morgan fingerprint density at radius 1 is 1.34 bits per heavy atom. The second-order valence-corrected chi connectivity index (χ2v) is 7.14. The molecule has 1 aliphatic rings. The predicted octanol–water partition coefficient (Wildman–Crippen LogP) is 1.82. The van der Waals surface area contributed by atoms with Gasteiger partial charge in [0.1, 0.15) is 23.8 Å². The summed E-state index contributed by atoms with van der Waals surface area (Å²) in [7, 11) is 1.50. The highest BCUT2D eigenvalue weighted by Crippen LogP contribution is 2.43. The standard InChI is InChI=1S/C21H20F3N5O3/c1-20(21(23,24)11-32-19(26)29-20)18-14(22)6-5-13(28-18)9-16(30)17-15(25)8-12(10-27-17)4-3-7-31-2/h5-6,8,10H,7,9,11,25H2,1-2H3,(H2,26,29)/t20-/m1/s1. The summed E-state index contributed by atoms with van der Waals surface area (Å²) in [4.78, 5) is 24.3. The zero-order chi connectivity index (χ0) is 23.5. The fraction of sp³-hybridized carbons (Fsp3) is 0.333. The maximum Gasteiger partial charge on any atom is 0.311 e. The van der Waals surface area contributed by atoms with Crippen LogP contribution in [0.3, 0.4) is 0 Å². The van der Waals surface area contributed by atoms with E-state index in [1.807, 2.05) is 0 Å². The Labute approximate surface area is 181 Å². The molecule has 0 saturated heterocycles. The number of ether oxygens (including phenoxy) is 2. The summed E-state index contributed by atoms with van der Waals surface area (Å²) in [6, 6.07) is 3.13. The number of ketones is 1. The average Bonchev–Trinajstić information content (AvgIpc) is 2.73. The van der Waals surface area contributed by atoms with Gasteiger partial charge in [0.2, 0.25) is 0 Å². The van der Waals surface area contributed by atoms with Gasteiger partial charge in [0, 0.05) is 24.6 Å². The van der Waals surface area contributed by atoms with Gasteiger partial charge in [-0.25, -0.2) is 14.4 Å². The molecule has 0 fully saturated rings. The summed E-state index contributed by atoms with van der Waals surface area (Å²) in [6.45, 7) is 0.143. The van der Waals surface area contributed by atoms with Gasteiger partial charge in [-0.2, -0.15) is 8.78 Å². The number of anilines is 1. The third-order valence-electron chi connectivity index (χ3n) is 4.78. The highest BCUT2D eigenvalue weighted by atomic mass is 19.3. The van der Waals surface area contributed by atoms with Crippen molar-refractivity contribution in [3.63, 3.8) is 0 Å². The van der Waals surface area contributed by atoms with Crippen LogP contribution in [0.2, 0.25) is 0 Å². The van der Waals surface area contributed by atoms with E-state index in [-0.39, 0.29) is 30.1 Å². The molecule has 0 aliphatic carbocycles. The van der Waals surface area contributed by atoms with Crippen molar-refractivity contribution < 1.29 is 27.4 Å². The minimum atomic E-state index is -3.59. The number of carbonyl (C=O) groups excluding carboxylic acids is 1. The van der Waals surface area contributed by atoms with E-state index in [0.29, 0.717) is 5.56 Å². The lowest BCUT2D eigenvalue weighted by Gasteiger charge is -2.36. The van der Waals surface area contributed by atoms with Gasteiger partial charge in [-0.3, -0.25) is 9.78 Å². The number of aromatic nitrogens is 2. The number of nitrogens with two attached hydrogens (primary N) is 2. The molecule has 2 aromatic heterocycles. The number of nitrogens with zero attached hydrogens (tertiary/aromatic N) is 3. The van der Waals surface area contributed by atoms with Crippen LogP contribution >= 0.6 is 0 Å². The Bertz CT molecular complexity index is 1140. The molecule has 0 aromatic carbocycles. The van der Waals surface area contributed by atoms with Crippen LogP contribution in [0.15, 0.2) is 29.4 Å². The maximum absolute atomic E-state index is 14.5. The van der Waals surface area contributed by atoms with E-state index in [1.54, 1.807) is 0 Å². The maximum atomic E-state index is 14.5. The zero-order valence-corrected chi connectivity index (χ0v) is 17.3. The molecule has 0 spiro atoms. The number of carbonyl (C=O) groups is 1. The first kappa shape index (κ1) is 23.0. The van der Waals surface area contributed by atoms with E-state index in [0.717, 1.165) is 13.0 Å². The number of rotatable bonds is 5. The number of pyridine rings is 2. The first-order chi connectivity index (χ1) is 15.1. The van der Waals surface area contributed by atoms with Gasteiger partial charge in [0.25, 0.3) is 6.02 Å². The van der Waals surface area contributed by atoms with Crippen LogP contribution in [-0.4, -0.2) is 48.0 Å². The van der Waals surface area contributed by atoms with Crippen LogP contribution in [-0.2, 0) is 21.4 Å². The van der Waals surface area contributed by atoms with Crippen LogP contribution in [0.5, 0.6) is 0 Å². The predicted molar refractivity (Wildman–Crippen MR) is 110 cm³/mol. The summed E-state index contributed by atoms with van der Waals surface area (Å²) >= 11 is 0. The molecule has 1 atom stereocenters. The van der Waals surface area contributed by atoms with Crippen molar-refractivity contribution >= 4 is 17.5 Å². The first-order valence-electron chi connectivity index (χ1n) is 9.36. The van der Waals surface area contributed by atoms with Crippen LogP contribution in [0, 0.1) is 17.7 Å². The first-order valence-corrected chi connectivity index (χ1v) is 9.36. The van der Waals surface area contributed by atoms with Crippen molar-refractivity contribution in [1.82, 2.24) is 9.97 Å². The molecule has 3 heterocycles. The van der Waals surface area contributed by atoms with Crippen LogP contribution in [0.4, 0.5) is 18.9 Å². The van der Waals surface area contributed by atoms with E-state index >= 15 is 0 Å². The largest absolute Gasteiger partial charge is 0.459 e. The lowest BCUT2D eigenvalue weighted by molar-refractivity contribution is -0.118. The number of nitrogen functional groups attached to an aromatic ring is 1. The topological polar surface area (TPSA) is 126 Å². The van der Waals surface area contributed by atoms with Crippen molar-refractivity contribution in [2.45, 2.75) is 24.8 Å². The zero-order valence-electron chi connectivity index (χ0n) is 17.3. The minimum absolute atomic E-state index is 0.0360. The average molecular weight is 447 g/mol. The number of amidine groups is 1. The molecule has 0 bridgehead atoms. The van der Waals surface area contributed by atoms with Gasteiger partial charge in [-0.15, -0.1) is 0 Å². The van der Waals surface area contributed by atoms with Crippen LogP contribution in [0.1, 0.15) is 34.4 Å². The summed E-state index contributed by atoms with van der Waals surface area (Å²) in [6.07, 6.45) is 1.02. The van der Waals surface area contributed by atoms with Gasteiger partial charge in [0.15, 0.2) is 17.9 Å². The Morgan fingerprint density at radius 2 is 2.09 bits per heavy atom. The smallest absolute Gasteiger partial charge is 0.311 e. The molecule has 11 heteroatoms. The summed E-state index contributed by atoms with van der Waals surface area (Å²) in [5.74, 6) is 0.384. The summed E-state index contributed by atoms with van der Waals surface area (Å²) < 4.78 is 53.0. The quantitative estimate of drug-likeness (QED) is 0.529. The SMILES string of the molecule is COCC#Cc1cnc(C(=O)Cc2ccc(F)c([C@@]3(C)N=C(N)OCC3(F)F)n2)c(N)c1. The Hall–Kier alpha value is -3.65. The minimum Gasteiger partial charge on any atom is -0.459 e. The summed E-state index contributed by atoms with van der Waals surface area (Å²) in [5.41, 5.74) is 8.86. The van der Waals surface area contributed by atoms with E-state index < -0.39 is 41.4 Å². The van der Waals surface area contributed by atoms with Gasteiger partial charge in [-0.1, -0.05) is 11.8 Å². The molecule has 0 amide bonds. The van der Waals surface area contributed by atoms with E-state index in [2.05, 4.69) is 31.5 Å². The molecular formula is C21H20F3N5O3. The molecule has 3 rings (SSSR count). The number of aliphatic imine (C=N–C) groups is 1. The monoisotopic (exact) mass is 447 g/mol.